The molecule has 0 spiro atoms. The van der Waals surface area contributed by atoms with Crippen LogP contribution in [0.1, 0.15) is 0 Å². The highest BCUT2D eigenvalue weighted by atomic mass is 16.3. The average molecular weight is 730 g/mol. The molecule has 6 heteroatoms. The minimum absolute atomic E-state index is 0.575. The highest BCUT2D eigenvalue weighted by Crippen LogP contribution is 2.44. The van der Waals surface area contributed by atoms with Crippen molar-refractivity contribution in [1.29, 1.82) is 0 Å². The molecule has 12 aromatic rings. The van der Waals surface area contributed by atoms with Crippen molar-refractivity contribution in [3.8, 4) is 45.5 Å². The number of nitrogens with zero attached hydrogens (tertiary/aromatic N) is 5. The van der Waals surface area contributed by atoms with Crippen molar-refractivity contribution in [2.45, 2.75) is 0 Å². The molecule has 6 nitrogen and oxygen atoms in total. The summed E-state index contributed by atoms with van der Waals surface area (Å²) < 4.78 is 12.0. The Labute approximate surface area is 326 Å². The van der Waals surface area contributed by atoms with Gasteiger partial charge in [0.15, 0.2) is 28.6 Å². The quantitative estimate of drug-likeness (QED) is 0.177. The summed E-state index contributed by atoms with van der Waals surface area (Å²) in [7, 11) is 0. The number of rotatable bonds is 5. The first-order valence-electron chi connectivity index (χ1n) is 19.1. The van der Waals surface area contributed by atoms with Gasteiger partial charge in [-0.05, 0) is 42.5 Å². The average Bonchev–Trinajstić information content (AvgIpc) is 3.95. The third-order valence-corrected chi connectivity index (χ3v) is 11.2. The molecule has 0 aliphatic heterocycles. The number of para-hydroxylation sites is 5. The first-order valence-corrected chi connectivity index (χ1v) is 19.1. The van der Waals surface area contributed by atoms with Gasteiger partial charge in [-0.15, -0.1) is 0 Å². The summed E-state index contributed by atoms with van der Waals surface area (Å²) in [5.41, 5.74) is 10.6. The molecule has 57 heavy (non-hydrogen) atoms. The smallest absolute Gasteiger partial charge is 0.164 e. The van der Waals surface area contributed by atoms with Crippen LogP contribution in [0, 0.1) is 0 Å². The molecular formula is C51H31N5O. The molecule has 0 N–H and O–H groups in total. The molecule has 4 heterocycles. The van der Waals surface area contributed by atoms with Gasteiger partial charge in [0.1, 0.15) is 0 Å². The SMILES string of the molecule is c1ccc(-c2nc(-c3ccccc3)nc(-c3ccc(-n4c5ccccc5c5ccccc54)c4oc5c(-n6c7ccccc7c7ccccc76)cccc5c34)n2)cc1. The van der Waals surface area contributed by atoms with Gasteiger partial charge in [0.05, 0.1) is 33.4 Å². The fourth-order valence-electron chi connectivity index (χ4n) is 8.71. The Morgan fingerprint density at radius 1 is 0.316 bits per heavy atom. The molecule has 0 fully saturated rings. The molecule has 0 aliphatic rings. The van der Waals surface area contributed by atoms with Crippen molar-refractivity contribution < 1.29 is 4.42 Å². The van der Waals surface area contributed by atoms with E-state index < -0.39 is 0 Å². The molecule has 8 aromatic carbocycles. The van der Waals surface area contributed by atoms with Crippen molar-refractivity contribution in [3.63, 3.8) is 0 Å². The lowest BCUT2D eigenvalue weighted by Gasteiger charge is -2.12. The van der Waals surface area contributed by atoms with E-state index in [-0.39, 0.29) is 0 Å². The van der Waals surface area contributed by atoms with E-state index in [1.165, 1.54) is 21.5 Å². The van der Waals surface area contributed by atoms with Gasteiger partial charge in [-0.25, -0.2) is 15.0 Å². The third-order valence-electron chi connectivity index (χ3n) is 11.2. The highest BCUT2D eigenvalue weighted by Gasteiger charge is 2.25. The standard InChI is InChI=1S/C51H31N5O/c1-3-16-32(17-4-1)49-52-50(33-18-5-2-6-19-33)54-51(53-49)39-30-31-45(56-42-27-13-9-22-36(42)37-23-10-14-28-43(37)56)48-46(39)38-24-15-29-44(47(38)57-48)55-40-25-11-7-20-34(40)35-21-8-12-26-41(35)55/h1-31H. The monoisotopic (exact) mass is 729 g/mol. The number of fused-ring (bicyclic) bond motifs is 9. The summed E-state index contributed by atoms with van der Waals surface area (Å²) in [5.74, 6) is 1.79. The van der Waals surface area contributed by atoms with Crippen molar-refractivity contribution in [3.05, 3.63) is 188 Å². The molecule has 0 bridgehead atoms. The molecule has 4 aromatic heterocycles. The van der Waals surface area contributed by atoms with Crippen LogP contribution in [0.25, 0.3) is 111 Å². The Hall–Kier alpha value is -7.83. The van der Waals surface area contributed by atoms with Gasteiger partial charge >= 0.3 is 0 Å². The van der Waals surface area contributed by atoms with Crippen LogP contribution in [0.5, 0.6) is 0 Å². The van der Waals surface area contributed by atoms with Crippen molar-refractivity contribution in [2.75, 3.05) is 0 Å². The topological polar surface area (TPSA) is 61.7 Å². The zero-order valence-electron chi connectivity index (χ0n) is 30.5. The van der Waals surface area contributed by atoms with Gasteiger partial charge in [-0.2, -0.15) is 0 Å². The second-order valence-corrected chi connectivity index (χ2v) is 14.4. The maximum Gasteiger partial charge on any atom is 0.164 e. The second-order valence-electron chi connectivity index (χ2n) is 14.4. The summed E-state index contributed by atoms with van der Waals surface area (Å²) in [6.45, 7) is 0. The molecule has 0 radical (unpaired) electrons. The predicted molar refractivity (Wildman–Crippen MR) is 232 cm³/mol. The Bertz CT molecular complexity index is 3360. The van der Waals surface area contributed by atoms with Crippen LogP contribution in [-0.2, 0) is 0 Å². The normalized spacial score (nSPS) is 11.9. The molecular weight excluding hydrogens is 699 g/mol. The van der Waals surface area contributed by atoms with Crippen LogP contribution in [0.3, 0.4) is 0 Å². The largest absolute Gasteiger partial charge is 0.452 e. The first-order chi connectivity index (χ1) is 28.3. The molecule has 12 rings (SSSR count). The van der Waals surface area contributed by atoms with Gasteiger partial charge in [0.2, 0.25) is 0 Å². The Balaban J connectivity index is 1.22. The van der Waals surface area contributed by atoms with E-state index in [1.807, 2.05) is 60.7 Å². The van der Waals surface area contributed by atoms with E-state index in [0.29, 0.717) is 17.5 Å². The summed E-state index contributed by atoms with van der Waals surface area (Å²) in [6.07, 6.45) is 0. The fraction of sp³-hybridized carbons (Fsp3) is 0. The van der Waals surface area contributed by atoms with E-state index in [9.17, 15) is 0 Å². The summed E-state index contributed by atoms with van der Waals surface area (Å²) in [6, 6.07) is 65.3. The zero-order chi connectivity index (χ0) is 37.5. The Kier molecular flexibility index (Phi) is 6.83. The number of benzene rings is 8. The second kappa shape index (κ2) is 12.3. The minimum atomic E-state index is 0.575. The van der Waals surface area contributed by atoms with Crippen LogP contribution in [0.2, 0.25) is 0 Å². The lowest BCUT2D eigenvalue weighted by Crippen LogP contribution is -2.01. The van der Waals surface area contributed by atoms with E-state index in [1.54, 1.807) is 0 Å². The van der Waals surface area contributed by atoms with Crippen molar-refractivity contribution >= 4 is 65.6 Å². The fourth-order valence-corrected chi connectivity index (χ4v) is 8.71. The van der Waals surface area contributed by atoms with E-state index in [2.05, 4.69) is 137 Å². The maximum absolute atomic E-state index is 7.34. The zero-order valence-corrected chi connectivity index (χ0v) is 30.5. The van der Waals surface area contributed by atoms with Crippen LogP contribution < -0.4 is 0 Å². The predicted octanol–water partition coefficient (Wildman–Crippen LogP) is 13.0. The van der Waals surface area contributed by atoms with E-state index in [4.69, 9.17) is 19.4 Å². The minimum Gasteiger partial charge on any atom is -0.452 e. The van der Waals surface area contributed by atoms with Gasteiger partial charge in [0, 0.05) is 49.0 Å². The van der Waals surface area contributed by atoms with Gasteiger partial charge in [-0.1, -0.05) is 146 Å². The van der Waals surface area contributed by atoms with Crippen LogP contribution in [0.4, 0.5) is 0 Å². The summed E-state index contributed by atoms with van der Waals surface area (Å²) in [5, 5.41) is 6.68. The summed E-state index contributed by atoms with van der Waals surface area (Å²) >= 11 is 0. The Morgan fingerprint density at radius 2 is 0.719 bits per heavy atom. The molecule has 0 saturated carbocycles. The molecule has 266 valence electrons. The first kappa shape index (κ1) is 31.5. The van der Waals surface area contributed by atoms with Gasteiger partial charge in [0.25, 0.3) is 0 Å². The lowest BCUT2D eigenvalue weighted by atomic mass is 10.0. The van der Waals surface area contributed by atoms with Crippen LogP contribution in [-0.4, -0.2) is 24.1 Å². The van der Waals surface area contributed by atoms with Crippen molar-refractivity contribution in [1.82, 2.24) is 24.1 Å². The third kappa shape index (κ3) is 4.74. The number of aromatic nitrogens is 5. The van der Waals surface area contributed by atoms with Crippen LogP contribution in [0.15, 0.2) is 192 Å². The maximum atomic E-state index is 7.34. The summed E-state index contributed by atoms with van der Waals surface area (Å²) in [4.78, 5) is 15.4. The molecule has 0 unspecified atom stereocenters. The van der Waals surface area contributed by atoms with Gasteiger partial charge < -0.3 is 13.6 Å². The number of furan rings is 1. The van der Waals surface area contributed by atoms with E-state index >= 15 is 0 Å². The molecule has 0 saturated heterocycles. The molecule has 0 amide bonds. The van der Waals surface area contributed by atoms with Gasteiger partial charge in [-0.3, -0.25) is 0 Å². The Morgan fingerprint density at radius 3 is 1.21 bits per heavy atom. The number of hydrogen-bond donors (Lipinski definition) is 0. The number of hydrogen-bond acceptors (Lipinski definition) is 4. The molecule has 0 aliphatic carbocycles. The lowest BCUT2D eigenvalue weighted by molar-refractivity contribution is 0.664. The van der Waals surface area contributed by atoms with E-state index in [0.717, 1.165) is 72.1 Å². The van der Waals surface area contributed by atoms with Crippen molar-refractivity contribution in [2.24, 2.45) is 0 Å². The highest BCUT2D eigenvalue weighted by molar-refractivity contribution is 6.18. The van der Waals surface area contributed by atoms with Crippen LogP contribution >= 0.6 is 0 Å². The molecule has 0 atom stereocenters.